The van der Waals surface area contributed by atoms with E-state index in [1.165, 1.54) is 11.0 Å². The second-order valence-corrected chi connectivity index (χ2v) is 4.67. The fourth-order valence-corrected chi connectivity index (χ4v) is 2.31. The number of aromatic nitrogens is 3. The number of carbonyl (C=O) groups is 2. The molecule has 0 bridgehead atoms. The zero-order chi connectivity index (χ0) is 13.9. The van der Waals surface area contributed by atoms with Crippen molar-refractivity contribution in [3.05, 3.63) is 42.5 Å². The van der Waals surface area contributed by atoms with Crippen molar-refractivity contribution in [2.75, 3.05) is 13.1 Å². The smallest absolute Gasteiger partial charge is 0.223 e. The third kappa shape index (κ3) is 2.32. The molecule has 0 radical (unpaired) electrons. The van der Waals surface area contributed by atoms with Crippen LogP contribution in [0.5, 0.6) is 0 Å². The van der Waals surface area contributed by atoms with Gasteiger partial charge in [0.15, 0.2) is 0 Å². The Kier molecular flexibility index (Phi) is 3.28. The number of para-hydroxylation sites is 1. The van der Waals surface area contributed by atoms with E-state index in [0.29, 0.717) is 13.0 Å². The Bertz CT molecular complexity index is 636. The molecule has 2 aromatic rings. The number of nitrogens with zero attached hydrogens (tertiary/aromatic N) is 4. The van der Waals surface area contributed by atoms with Gasteiger partial charge in [0.1, 0.15) is 6.33 Å². The van der Waals surface area contributed by atoms with E-state index < -0.39 is 0 Å². The van der Waals surface area contributed by atoms with Crippen LogP contribution in [0.25, 0.3) is 5.69 Å². The van der Waals surface area contributed by atoms with Crippen molar-refractivity contribution in [2.45, 2.75) is 12.8 Å². The van der Waals surface area contributed by atoms with Crippen LogP contribution in [0.15, 0.2) is 36.7 Å². The van der Waals surface area contributed by atoms with E-state index in [9.17, 15) is 9.59 Å². The van der Waals surface area contributed by atoms with Crippen LogP contribution < -0.4 is 0 Å². The van der Waals surface area contributed by atoms with E-state index >= 15 is 0 Å². The van der Waals surface area contributed by atoms with Crippen LogP contribution in [0.3, 0.4) is 0 Å². The van der Waals surface area contributed by atoms with Crippen molar-refractivity contribution < 1.29 is 9.59 Å². The maximum Gasteiger partial charge on any atom is 0.223 e. The summed E-state index contributed by atoms with van der Waals surface area (Å²) in [6.07, 6.45) is 2.70. The van der Waals surface area contributed by atoms with Crippen molar-refractivity contribution >= 4 is 11.7 Å². The highest BCUT2D eigenvalue weighted by atomic mass is 16.2. The minimum absolute atomic E-state index is 0.0316. The largest absolute Gasteiger partial charge is 0.335 e. The molecular weight excluding hydrogens is 256 g/mol. The molecule has 0 N–H and O–H groups in total. The summed E-state index contributed by atoms with van der Waals surface area (Å²) in [4.78, 5) is 29.4. The number of Topliss-reactive ketones (excluding diaryl/α,β-unsaturated/α-hetero) is 1. The van der Waals surface area contributed by atoms with E-state index in [1.54, 1.807) is 4.90 Å². The average Bonchev–Trinajstić information content (AvgIpc) is 3.09. The molecule has 1 aromatic carbocycles. The van der Waals surface area contributed by atoms with Gasteiger partial charge in [-0.25, -0.2) is 9.67 Å². The first-order valence-electron chi connectivity index (χ1n) is 6.52. The second kappa shape index (κ2) is 5.24. The Morgan fingerprint density at radius 3 is 2.75 bits per heavy atom. The lowest BCUT2D eigenvalue weighted by atomic mass is 10.3. The molecule has 102 valence electrons. The van der Waals surface area contributed by atoms with Crippen molar-refractivity contribution in [3.63, 3.8) is 0 Å². The summed E-state index contributed by atoms with van der Waals surface area (Å²) in [5.41, 5.74) is 0.779. The van der Waals surface area contributed by atoms with Gasteiger partial charge in [-0.2, -0.15) is 5.10 Å². The lowest BCUT2D eigenvalue weighted by Crippen LogP contribution is -2.32. The van der Waals surface area contributed by atoms with Gasteiger partial charge in [-0.05, 0) is 18.6 Å². The highest BCUT2D eigenvalue weighted by Gasteiger charge is 2.25. The van der Waals surface area contributed by atoms with Gasteiger partial charge in [0.2, 0.25) is 17.5 Å². The number of hydrogen-bond acceptors (Lipinski definition) is 4. The van der Waals surface area contributed by atoms with Gasteiger partial charge < -0.3 is 4.90 Å². The number of ketones is 1. The Hall–Kier alpha value is -2.50. The summed E-state index contributed by atoms with van der Waals surface area (Å²) in [6.45, 7) is 0.717. The molecule has 2 heterocycles. The summed E-state index contributed by atoms with van der Waals surface area (Å²) in [5.74, 6) is 0.0987. The van der Waals surface area contributed by atoms with Crippen molar-refractivity contribution in [1.82, 2.24) is 19.7 Å². The SMILES string of the molecule is O=C(CN1CCCC1=O)c1ncnn1-c1ccccc1. The van der Waals surface area contributed by atoms with Crippen LogP contribution in [0.4, 0.5) is 0 Å². The molecule has 1 saturated heterocycles. The molecule has 6 heteroatoms. The first kappa shape index (κ1) is 12.5. The fraction of sp³-hybridized carbons (Fsp3) is 0.286. The van der Waals surface area contributed by atoms with E-state index in [2.05, 4.69) is 10.1 Å². The molecule has 20 heavy (non-hydrogen) atoms. The molecule has 1 aromatic heterocycles. The Morgan fingerprint density at radius 2 is 2.05 bits per heavy atom. The third-order valence-electron chi connectivity index (χ3n) is 3.30. The summed E-state index contributed by atoms with van der Waals surface area (Å²) >= 11 is 0. The number of likely N-dealkylation sites (tertiary alicyclic amines) is 1. The van der Waals surface area contributed by atoms with Crippen LogP contribution in [0, 0.1) is 0 Å². The van der Waals surface area contributed by atoms with E-state index in [1.807, 2.05) is 30.3 Å². The molecule has 1 amide bonds. The Morgan fingerprint density at radius 1 is 1.25 bits per heavy atom. The predicted octanol–water partition coefficient (Wildman–Crippen LogP) is 1.07. The fourth-order valence-electron chi connectivity index (χ4n) is 2.31. The van der Waals surface area contributed by atoms with Crippen LogP contribution in [-0.4, -0.2) is 44.4 Å². The molecule has 1 fully saturated rings. The summed E-state index contributed by atoms with van der Waals surface area (Å²) in [6, 6.07) is 9.34. The average molecular weight is 270 g/mol. The zero-order valence-corrected chi connectivity index (χ0v) is 10.9. The van der Waals surface area contributed by atoms with E-state index in [-0.39, 0.29) is 24.1 Å². The Labute approximate surface area is 116 Å². The van der Waals surface area contributed by atoms with Gasteiger partial charge in [0, 0.05) is 13.0 Å². The molecule has 0 unspecified atom stereocenters. The van der Waals surface area contributed by atoms with Gasteiger partial charge in [-0.15, -0.1) is 0 Å². The van der Waals surface area contributed by atoms with Crippen LogP contribution in [0.1, 0.15) is 23.5 Å². The molecule has 1 aliphatic heterocycles. The van der Waals surface area contributed by atoms with Crippen molar-refractivity contribution in [2.24, 2.45) is 0 Å². The predicted molar refractivity (Wildman–Crippen MR) is 71.5 cm³/mol. The molecule has 3 rings (SSSR count). The standard InChI is InChI=1S/C14H14N4O2/c19-12(9-17-8-4-7-13(17)20)14-15-10-16-18(14)11-5-2-1-3-6-11/h1-3,5-6,10H,4,7-9H2. The topological polar surface area (TPSA) is 68.1 Å². The van der Waals surface area contributed by atoms with Crippen LogP contribution in [-0.2, 0) is 4.79 Å². The summed E-state index contributed by atoms with van der Waals surface area (Å²) in [5, 5.41) is 4.08. The quantitative estimate of drug-likeness (QED) is 0.779. The number of rotatable bonds is 4. The van der Waals surface area contributed by atoms with Crippen LogP contribution in [0.2, 0.25) is 0 Å². The van der Waals surface area contributed by atoms with Gasteiger partial charge >= 0.3 is 0 Å². The highest BCUT2D eigenvalue weighted by molar-refractivity contribution is 5.97. The van der Waals surface area contributed by atoms with Gasteiger partial charge in [-0.1, -0.05) is 18.2 Å². The number of hydrogen-bond donors (Lipinski definition) is 0. The summed E-state index contributed by atoms with van der Waals surface area (Å²) in [7, 11) is 0. The zero-order valence-electron chi connectivity index (χ0n) is 10.9. The summed E-state index contributed by atoms with van der Waals surface area (Å²) < 4.78 is 1.50. The van der Waals surface area contributed by atoms with Crippen molar-refractivity contribution in [1.29, 1.82) is 0 Å². The molecule has 6 nitrogen and oxygen atoms in total. The molecule has 0 atom stereocenters. The first-order valence-corrected chi connectivity index (χ1v) is 6.52. The van der Waals surface area contributed by atoms with E-state index in [4.69, 9.17) is 0 Å². The minimum atomic E-state index is -0.193. The third-order valence-corrected chi connectivity index (χ3v) is 3.30. The number of benzene rings is 1. The maximum atomic E-state index is 12.3. The van der Waals surface area contributed by atoms with Gasteiger partial charge in [0.25, 0.3) is 0 Å². The molecule has 0 aliphatic carbocycles. The van der Waals surface area contributed by atoms with Crippen molar-refractivity contribution in [3.8, 4) is 5.69 Å². The van der Waals surface area contributed by atoms with Gasteiger partial charge in [-0.3, -0.25) is 9.59 Å². The first-order chi connectivity index (χ1) is 9.75. The lowest BCUT2D eigenvalue weighted by Gasteiger charge is -2.14. The highest BCUT2D eigenvalue weighted by Crippen LogP contribution is 2.12. The lowest BCUT2D eigenvalue weighted by molar-refractivity contribution is -0.127. The second-order valence-electron chi connectivity index (χ2n) is 4.67. The monoisotopic (exact) mass is 270 g/mol. The van der Waals surface area contributed by atoms with Crippen LogP contribution >= 0.6 is 0 Å². The molecule has 0 saturated carbocycles. The number of carbonyl (C=O) groups excluding carboxylic acids is 2. The van der Waals surface area contributed by atoms with Gasteiger partial charge in [0.05, 0.1) is 12.2 Å². The maximum absolute atomic E-state index is 12.3. The molecule has 1 aliphatic rings. The van der Waals surface area contributed by atoms with E-state index in [0.717, 1.165) is 12.1 Å². The molecule has 0 spiro atoms. The molecular formula is C14H14N4O2. The number of amides is 1. The Balaban J connectivity index is 1.83. The minimum Gasteiger partial charge on any atom is -0.335 e. The normalized spacial score (nSPS) is 14.8.